The summed E-state index contributed by atoms with van der Waals surface area (Å²) in [5, 5.41) is 8.62. The van der Waals surface area contributed by atoms with E-state index in [0.29, 0.717) is 12.3 Å². The summed E-state index contributed by atoms with van der Waals surface area (Å²) in [5.74, 6) is 1.19. The highest BCUT2D eigenvalue weighted by molar-refractivity contribution is 5.66. The molecule has 0 spiro atoms. The Bertz CT molecular complexity index is 414. The number of aliphatic carboxylic acids is 1. The van der Waals surface area contributed by atoms with Crippen LogP contribution in [0.5, 0.6) is 11.5 Å². The molecule has 0 amide bonds. The van der Waals surface area contributed by atoms with E-state index in [1.165, 1.54) is 0 Å². The van der Waals surface area contributed by atoms with Crippen molar-refractivity contribution in [2.24, 2.45) is 5.92 Å². The maximum atomic E-state index is 10.5. The van der Waals surface area contributed by atoms with Crippen LogP contribution >= 0.6 is 0 Å². The molecule has 0 fully saturated rings. The van der Waals surface area contributed by atoms with Crippen LogP contribution in [0.3, 0.4) is 0 Å². The second kappa shape index (κ2) is 5.08. The fourth-order valence-electron chi connectivity index (χ4n) is 1.94. The predicted molar refractivity (Wildman–Crippen MR) is 62.3 cm³/mol. The second-order valence-electron chi connectivity index (χ2n) is 4.43. The highest BCUT2D eigenvalue weighted by Crippen LogP contribution is 2.33. The number of carboxylic acid groups (broad SMARTS) is 1. The van der Waals surface area contributed by atoms with Crippen LogP contribution in [0.15, 0.2) is 18.2 Å². The number of carboxylic acids is 1. The highest BCUT2D eigenvalue weighted by atomic mass is 16.7. The topological polar surface area (TPSA) is 55.8 Å². The minimum absolute atomic E-state index is 0.228. The number of ether oxygens (including phenoxy) is 2. The smallest absolute Gasteiger partial charge is 0.303 e. The standard InChI is InChI=1S/C13H16O4/c1-9(2-5-13(14)15)6-10-3-4-11-12(7-10)17-8-16-11/h3-4,7,9H,2,5-6,8H2,1H3,(H,14,15). The van der Waals surface area contributed by atoms with Crippen LogP contribution in [-0.2, 0) is 11.2 Å². The van der Waals surface area contributed by atoms with Crippen LogP contribution in [0.2, 0.25) is 0 Å². The summed E-state index contributed by atoms with van der Waals surface area (Å²) in [6.45, 7) is 2.35. The van der Waals surface area contributed by atoms with Crippen molar-refractivity contribution in [1.29, 1.82) is 0 Å². The third kappa shape index (κ3) is 3.12. The van der Waals surface area contributed by atoms with Crippen molar-refractivity contribution in [1.82, 2.24) is 0 Å². The average Bonchev–Trinajstić information content (AvgIpc) is 2.73. The Hall–Kier alpha value is -1.71. The predicted octanol–water partition coefficient (Wildman–Crippen LogP) is 2.46. The van der Waals surface area contributed by atoms with Crippen molar-refractivity contribution < 1.29 is 19.4 Å². The third-order valence-corrected chi connectivity index (χ3v) is 2.87. The lowest BCUT2D eigenvalue weighted by Gasteiger charge is -2.10. The first-order valence-corrected chi connectivity index (χ1v) is 5.75. The van der Waals surface area contributed by atoms with E-state index in [0.717, 1.165) is 23.5 Å². The first-order valence-electron chi connectivity index (χ1n) is 5.75. The molecule has 92 valence electrons. The summed E-state index contributed by atoms with van der Waals surface area (Å²) < 4.78 is 10.5. The molecular formula is C13H16O4. The Balaban J connectivity index is 1.92. The Labute approximate surface area is 100 Å². The zero-order chi connectivity index (χ0) is 12.3. The third-order valence-electron chi connectivity index (χ3n) is 2.87. The van der Waals surface area contributed by atoms with E-state index in [1.807, 2.05) is 18.2 Å². The highest BCUT2D eigenvalue weighted by Gasteiger charge is 2.14. The van der Waals surface area contributed by atoms with E-state index in [4.69, 9.17) is 14.6 Å². The van der Waals surface area contributed by atoms with E-state index < -0.39 is 5.97 Å². The summed E-state index contributed by atoms with van der Waals surface area (Å²) in [6.07, 6.45) is 1.79. The van der Waals surface area contributed by atoms with Gasteiger partial charge >= 0.3 is 5.97 Å². The molecule has 0 aromatic heterocycles. The van der Waals surface area contributed by atoms with Crippen molar-refractivity contribution in [3.8, 4) is 11.5 Å². The zero-order valence-electron chi connectivity index (χ0n) is 9.81. The van der Waals surface area contributed by atoms with Crippen LogP contribution in [-0.4, -0.2) is 17.9 Å². The lowest BCUT2D eigenvalue weighted by molar-refractivity contribution is -0.137. The molecule has 1 aromatic carbocycles. The fraction of sp³-hybridized carbons (Fsp3) is 0.462. The molecule has 0 saturated carbocycles. The fourth-order valence-corrected chi connectivity index (χ4v) is 1.94. The van der Waals surface area contributed by atoms with Gasteiger partial charge in [0.05, 0.1) is 0 Å². The summed E-state index contributed by atoms with van der Waals surface area (Å²) in [6, 6.07) is 5.88. The average molecular weight is 236 g/mol. The molecule has 2 rings (SSSR count). The lowest BCUT2D eigenvalue weighted by atomic mass is 9.96. The molecule has 1 aromatic rings. The number of fused-ring (bicyclic) bond motifs is 1. The summed E-state index contributed by atoms with van der Waals surface area (Å²) in [5.41, 5.74) is 1.16. The molecule has 1 atom stereocenters. The van der Waals surface area contributed by atoms with Crippen LogP contribution in [0.25, 0.3) is 0 Å². The van der Waals surface area contributed by atoms with Crippen LogP contribution < -0.4 is 9.47 Å². The number of rotatable bonds is 5. The number of carbonyl (C=O) groups is 1. The molecule has 1 heterocycles. The molecule has 4 heteroatoms. The molecule has 0 saturated heterocycles. The van der Waals surface area contributed by atoms with Crippen molar-refractivity contribution in [2.75, 3.05) is 6.79 Å². The first-order chi connectivity index (χ1) is 8.15. The summed E-state index contributed by atoms with van der Waals surface area (Å²) >= 11 is 0. The number of benzene rings is 1. The molecule has 0 radical (unpaired) electrons. The van der Waals surface area contributed by atoms with Crippen molar-refractivity contribution in [2.45, 2.75) is 26.2 Å². The second-order valence-corrected chi connectivity index (χ2v) is 4.43. The van der Waals surface area contributed by atoms with Gasteiger partial charge in [-0.25, -0.2) is 0 Å². The van der Waals surface area contributed by atoms with E-state index in [-0.39, 0.29) is 13.2 Å². The first kappa shape index (κ1) is 11.8. The van der Waals surface area contributed by atoms with E-state index in [9.17, 15) is 4.79 Å². The molecule has 17 heavy (non-hydrogen) atoms. The molecule has 0 bridgehead atoms. The molecule has 0 aliphatic carbocycles. The Morgan fingerprint density at radius 1 is 1.41 bits per heavy atom. The molecule has 1 unspecified atom stereocenters. The minimum Gasteiger partial charge on any atom is -0.481 e. The van der Waals surface area contributed by atoms with Crippen LogP contribution in [0.1, 0.15) is 25.3 Å². The van der Waals surface area contributed by atoms with Gasteiger partial charge in [-0.2, -0.15) is 0 Å². The SMILES string of the molecule is CC(CCC(=O)O)Cc1ccc2c(c1)OCO2. The van der Waals surface area contributed by atoms with Crippen molar-refractivity contribution in [3.63, 3.8) is 0 Å². The summed E-state index contributed by atoms with van der Waals surface area (Å²) in [4.78, 5) is 10.5. The van der Waals surface area contributed by atoms with E-state index in [1.54, 1.807) is 0 Å². The van der Waals surface area contributed by atoms with Crippen molar-refractivity contribution in [3.05, 3.63) is 23.8 Å². The Kier molecular flexibility index (Phi) is 3.52. The Morgan fingerprint density at radius 3 is 2.94 bits per heavy atom. The van der Waals surface area contributed by atoms with Gasteiger partial charge in [0.15, 0.2) is 11.5 Å². The number of hydrogen-bond acceptors (Lipinski definition) is 3. The van der Waals surface area contributed by atoms with Gasteiger partial charge in [-0.1, -0.05) is 13.0 Å². The molecule has 1 aliphatic heterocycles. The number of hydrogen-bond donors (Lipinski definition) is 1. The Morgan fingerprint density at radius 2 is 2.18 bits per heavy atom. The normalized spacial score (nSPS) is 14.6. The molecular weight excluding hydrogens is 220 g/mol. The minimum atomic E-state index is -0.734. The lowest BCUT2D eigenvalue weighted by Crippen LogP contribution is -2.04. The van der Waals surface area contributed by atoms with E-state index in [2.05, 4.69) is 6.92 Å². The molecule has 1 N–H and O–H groups in total. The van der Waals surface area contributed by atoms with Gasteiger partial charge in [0.1, 0.15) is 0 Å². The van der Waals surface area contributed by atoms with Gasteiger partial charge in [-0.15, -0.1) is 0 Å². The van der Waals surface area contributed by atoms with Crippen LogP contribution in [0, 0.1) is 5.92 Å². The zero-order valence-corrected chi connectivity index (χ0v) is 9.81. The van der Waals surface area contributed by atoms with Gasteiger partial charge in [-0.05, 0) is 36.5 Å². The largest absolute Gasteiger partial charge is 0.481 e. The molecule has 4 nitrogen and oxygen atoms in total. The monoisotopic (exact) mass is 236 g/mol. The maximum Gasteiger partial charge on any atom is 0.303 e. The van der Waals surface area contributed by atoms with Gasteiger partial charge in [0, 0.05) is 6.42 Å². The molecule has 1 aliphatic rings. The van der Waals surface area contributed by atoms with Gasteiger partial charge in [0.25, 0.3) is 0 Å². The van der Waals surface area contributed by atoms with Gasteiger partial charge in [0.2, 0.25) is 6.79 Å². The van der Waals surface area contributed by atoms with Gasteiger partial charge in [-0.3, -0.25) is 4.79 Å². The van der Waals surface area contributed by atoms with Crippen molar-refractivity contribution >= 4 is 5.97 Å². The van der Waals surface area contributed by atoms with E-state index >= 15 is 0 Å². The van der Waals surface area contributed by atoms with Gasteiger partial charge < -0.3 is 14.6 Å². The maximum absolute atomic E-state index is 10.5. The quantitative estimate of drug-likeness (QED) is 0.853. The van der Waals surface area contributed by atoms with Crippen LogP contribution in [0.4, 0.5) is 0 Å². The summed E-state index contributed by atoms with van der Waals surface area (Å²) in [7, 11) is 0.